The molecule has 1 aromatic rings. The lowest BCUT2D eigenvalue weighted by Gasteiger charge is -2.32. The van der Waals surface area contributed by atoms with E-state index in [1.54, 1.807) is 12.5 Å². The van der Waals surface area contributed by atoms with Crippen molar-refractivity contribution in [1.82, 2.24) is 0 Å². The summed E-state index contributed by atoms with van der Waals surface area (Å²) in [7, 11) is -0.292. The molecule has 0 unspecified atom stereocenters. The summed E-state index contributed by atoms with van der Waals surface area (Å²) < 4.78 is 16.6. The molecule has 0 N–H and O–H groups in total. The van der Waals surface area contributed by atoms with E-state index in [-0.39, 0.29) is 18.3 Å². The summed E-state index contributed by atoms with van der Waals surface area (Å²) in [6, 6.07) is 1.89. The Bertz CT molecular complexity index is 363. The van der Waals surface area contributed by atoms with Crippen LogP contribution in [-0.4, -0.2) is 18.3 Å². The van der Waals surface area contributed by atoms with Gasteiger partial charge >= 0.3 is 7.12 Å². The van der Waals surface area contributed by atoms with E-state index in [4.69, 9.17) is 13.7 Å². The van der Waals surface area contributed by atoms with Crippen molar-refractivity contribution in [3.05, 3.63) is 30.1 Å². The predicted molar refractivity (Wildman–Crippen MR) is 63.8 cm³/mol. The van der Waals surface area contributed by atoms with E-state index in [1.165, 1.54) is 0 Å². The van der Waals surface area contributed by atoms with Gasteiger partial charge in [0.2, 0.25) is 0 Å². The zero-order valence-electron chi connectivity index (χ0n) is 10.2. The minimum atomic E-state index is -0.292. The van der Waals surface area contributed by atoms with Crippen LogP contribution in [0.15, 0.2) is 29.0 Å². The van der Waals surface area contributed by atoms with Crippen molar-refractivity contribution in [3.8, 4) is 0 Å². The maximum atomic E-state index is 5.82. The zero-order valence-corrected chi connectivity index (χ0v) is 10.2. The van der Waals surface area contributed by atoms with E-state index in [2.05, 4.69) is 0 Å². The third-order valence-electron chi connectivity index (χ3n) is 3.26. The summed E-state index contributed by atoms with van der Waals surface area (Å²) in [6.45, 7) is 8.16. The largest absolute Gasteiger partial charge is 0.487 e. The molecule has 1 aliphatic heterocycles. The van der Waals surface area contributed by atoms with Gasteiger partial charge in [-0.15, -0.1) is 0 Å². The van der Waals surface area contributed by atoms with Crippen molar-refractivity contribution in [3.63, 3.8) is 0 Å². The van der Waals surface area contributed by atoms with Crippen LogP contribution in [-0.2, 0) is 9.31 Å². The van der Waals surface area contributed by atoms with Crippen LogP contribution in [0.1, 0.15) is 33.3 Å². The highest BCUT2D eigenvalue weighted by Gasteiger charge is 2.49. The third kappa shape index (κ3) is 2.08. The first-order chi connectivity index (χ1) is 7.41. The Kier molecular flexibility index (Phi) is 2.72. The van der Waals surface area contributed by atoms with E-state index in [0.29, 0.717) is 0 Å². The first-order valence-electron chi connectivity index (χ1n) is 5.47. The second kappa shape index (κ2) is 3.79. The van der Waals surface area contributed by atoms with Gasteiger partial charge in [-0.2, -0.15) is 0 Å². The Labute approximate surface area is 96.6 Å². The Hall–Kier alpha value is -0.995. The molecule has 0 bridgehead atoms. The van der Waals surface area contributed by atoms with Crippen LogP contribution in [0.5, 0.6) is 0 Å². The quantitative estimate of drug-likeness (QED) is 0.718. The van der Waals surface area contributed by atoms with Crippen LogP contribution in [0.4, 0.5) is 0 Å². The van der Waals surface area contributed by atoms with Gasteiger partial charge < -0.3 is 13.7 Å². The molecule has 1 aromatic heterocycles. The fourth-order valence-corrected chi connectivity index (χ4v) is 1.53. The van der Waals surface area contributed by atoms with Gasteiger partial charge in [0.1, 0.15) is 0 Å². The predicted octanol–water partition coefficient (Wildman–Crippen LogP) is 2.92. The molecule has 0 atom stereocenters. The summed E-state index contributed by atoms with van der Waals surface area (Å²) in [5.74, 6) is 1.90. The summed E-state index contributed by atoms with van der Waals surface area (Å²) in [4.78, 5) is 0. The van der Waals surface area contributed by atoms with Crippen LogP contribution in [0.3, 0.4) is 0 Å². The second-order valence-electron chi connectivity index (χ2n) is 5.04. The average molecular weight is 220 g/mol. The molecule has 0 amide bonds. The number of furan rings is 1. The molecule has 0 spiro atoms. The van der Waals surface area contributed by atoms with Crippen molar-refractivity contribution < 1.29 is 13.7 Å². The van der Waals surface area contributed by atoms with Crippen LogP contribution in [0.2, 0.25) is 0 Å². The van der Waals surface area contributed by atoms with Gasteiger partial charge in [0.25, 0.3) is 0 Å². The maximum absolute atomic E-state index is 5.82. The molecule has 2 rings (SSSR count). The van der Waals surface area contributed by atoms with Gasteiger partial charge in [-0.1, -0.05) is 12.1 Å². The third-order valence-corrected chi connectivity index (χ3v) is 3.26. The van der Waals surface area contributed by atoms with Crippen molar-refractivity contribution in [1.29, 1.82) is 0 Å². The first-order valence-corrected chi connectivity index (χ1v) is 5.47. The molecule has 0 radical (unpaired) electrons. The van der Waals surface area contributed by atoms with Crippen molar-refractivity contribution in [2.75, 3.05) is 0 Å². The Balaban J connectivity index is 2.05. The molecule has 3 nitrogen and oxygen atoms in total. The molecular formula is C12H17BO3. The van der Waals surface area contributed by atoms with Crippen LogP contribution >= 0.6 is 0 Å². The highest BCUT2D eigenvalue weighted by Crippen LogP contribution is 2.36. The summed E-state index contributed by atoms with van der Waals surface area (Å²) in [5.41, 5.74) is 0.450. The molecular weight excluding hydrogens is 203 g/mol. The lowest BCUT2D eigenvalue weighted by Crippen LogP contribution is -2.41. The molecule has 0 saturated carbocycles. The van der Waals surface area contributed by atoms with Gasteiger partial charge in [0.15, 0.2) is 0 Å². The molecule has 2 heterocycles. The summed E-state index contributed by atoms with van der Waals surface area (Å²) in [6.07, 6.45) is 5.26. The van der Waals surface area contributed by atoms with Crippen LogP contribution in [0.25, 0.3) is 6.08 Å². The normalized spacial score (nSPS) is 23.1. The van der Waals surface area contributed by atoms with E-state index < -0.39 is 0 Å². The van der Waals surface area contributed by atoms with Gasteiger partial charge in [-0.25, -0.2) is 0 Å². The Morgan fingerprint density at radius 3 is 2.25 bits per heavy atom. The molecule has 0 aliphatic carbocycles. The first kappa shape index (κ1) is 11.5. The molecule has 1 saturated heterocycles. The van der Waals surface area contributed by atoms with E-state index >= 15 is 0 Å². The zero-order chi connectivity index (χ0) is 11.8. The monoisotopic (exact) mass is 220 g/mol. The standard InChI is InChI=1S/C12H17BO3/c1-11(2)12(3,4)16-13(15-11)7-5-10-6-8-14-9-10/h5-9H,1-4H3/b7-5+. The van der Waals surface area contributed by atoms with Gasteiger partial charge in [-0.05, 0) is 33.8 Å². The lowest BCUT2D eigenvalue weighted by atomic mass is 9.89. The SMILES string of the molecule is CC1(C)OB(/C=C/c2ccoc2)OC1(C)C. The molecule has 1 aliphatic rings. The fourth-order valence-electron chi connectivity index (χ4n) is 1.53. The van der Waals surface area contributed by atoms with Crippen molar-refractivity contribution in [2.24, 2.45) is 0 Å². The number of hydrogen-bond donors (Lipinski definition) is 0. The van der Waals surface area contributed by atoms with Crippen LogP contribution in [0, 0.1) is 0 Å². The summed E-state index contributed by atoms with van der Waals surface area (Å²) in [5, 5.41) is 0. The van der Waals surface area contributed by atoms with E-state index in [0.717, 1.165) is 5.56 Å². The van der Waals surface area contributed by atoms with Gasteiger partial charge in [0, 0.05) is 5.56 Å². The average Bonchev–Trinajstić information content (AvgIpc) is 2.70. The smallest absolute Gasteiger partial charge is 0.472 e. The minimum Gasteiger partial charge on any atom is -0.472 e. The molecule has 16 heavy (non-hydrogen) atoms. The van der Waals surface area contributed by atoms with Crippen molar-refractivity contribution >= 4 is 13.2 Å². The highest BCUT2D eigenvalue weighted by molar-refractivity contribution is 6.52. The number of rotatable bonds is 2. The summed E-state index contributed by atoms with van der Waals surface area (Å²) >= 11 is 0. The molecule has 4 heteroatoms. The van der Waals surface area contributed by atoms with Gasteiger partial charge in [0.05, 0.1) is 23.7 Å². The lowest BCUT2D eigenvalue weighted by molar-refractivity contribution is 0.00578. The van der Waals surface area contributed by atoms with Crippen molar-refractivity contribution in [2.45, 2.75) is 38.9 Å². The molecule has 86 valence electrons. The number of hydrogen-bond acceptors (Lipinski definition) is 3. The van der Waals surface area contributed by atoms with E-state index in [9.17, 15) is 0 Å². The Morgan fingerprint density at radius 2 is 1.75 bits per heavy atom. The topological polar surface area (TPSA) is 31.6 Å². The minimum absolute atomic E-state index is 0.279. The van der Waals surface area contributed by atoms with Crippen LogP contribution < -0.4 is 0 Å². The van der Waals surface area contributed by atoms with E-state index in [1.807, 2.05) is 45.8 Å². The van der Waals surface area contributed by atoms with Gasteiger partial charge in [-0.3, -0.25) is 0 Å². The highest BCUT2D eigenvalue weighted by atomic mass is 16.7. The molecule has 0 aromatic carbocycles. The second-order valence-corrected chi connectivity index (χ2v) is 5.04. The maximum Gasteiger partial charge on any atom is 0.487 e. The Morgan fingerprint density at radius 1 is 1.12 bits per heavy atom. The fraction of sp³-hybridized carbons (Fsp3) is 0.500. The molecule has 1 fully saturated rings.